The van der Waals surface area contributed by atoms with Crippen LogP contribution in [0.4, 0.5) is 11.5 Å². The number of nitrogens with zero attached hydrogens (tertiary/aromatic N) is 5. The van der Waals surface area contributed by atoms with Gasteiger partial charge in [-0.2, -0.15) is 10.4 Å². The molecule has 2 aliphatic rings. The van der Waals surface area contributed by atoms with Crippen molar-refractivity contribution in [3.63, 3.8) is 0 Å². The number of fused-ring (bicyclic) bond motifs is 2. The first-order chi connectivity index (χ1) is 15.6. The van der Waals surface area contributed by atoms with Crippen LogP contribution < -0.4 is 10.2 Å². The summed E-state index contributed by atoms with van der Waals surface area (Å²) >= 11 is 0. The SMILES string of the molecule is Cc1c(C#N)cccc1CNc1nnc(C)c2ccc(N3CCN4CCOCC4C3)cc12. The molecule has 0 aliphatic carbocycles. The zero-order valence-electron chi connectivity index (χ0n) is 18.6. The van der Waals surface area contributed by atoms with Crippen molar-refractivity contribution in [3.05, 3.63) is 58.8 Å². The van der Waals surface area contributed by atoms with Gasteiger partial charge in [-0.3, -0.25) is 4.90 Å². The normalized spacial score (nSPS) is 18.9. The summed E-state index contributed by atoms with van der Waals surface area (Å²) in [6.07, 6.45) is 0. The van der Waals surface area contributed by atoms with Crippen LogP contribution in [0.1, 0.15) is 22.4 Å². The molecule has 0 saturated carbocycles. The van der Waals surface area contributed by atoms with E-state index in [2.05, 4.69) is 49.6 Å². The summed E-state index contributed by atoms with van der Waals surface area (Å²) in [6.45, 7) is 10.3. The lowest BCUT2D eigenvalue weighted by atomic mass is 10.0. The Morgan fingerprint density at radius 1 is 1.12 bits per heavy atom. The molecule has 0 amide bonds. The predicted octanol–water partition coefficient (Wildman–Crippen LogP) is 3.25. The largest absolute Gasteiger partial charge is 0.378 e. The third kappa shape index (κ3) is 3.88. The lowest BCUT2D eigenvalue weighted by Crippen LogP contribution is -2.58. The monoisotopic (exact) mass is 428 g/mol. The van der Waals surface area contributed by atoms with Gasteiger partial charge in [0.15, 0.2) is 5.82 Å². The van der Waals surface area contributed by atoms with Gasteiger partial charge in [-0.15, -0.1) is 5.10 Å². The fourth-order valence-corrected chi connectivity index (χ4v) is 4.76. The van der Waals surface area contributed by atoms with Gasteiger partial charge in [-0.25, -0.2) is 0 Å². The molecule has 0 spiro atoms. The average molecular weight is 429 g/mol. The zero-order valence-corrected chi connectivity index (χ0v) is 18.6. The molecule has 7 nitrogen and oxygen atoms in total. The first kappa shape index (κ1) is 20.7. The number of nitrogens with one attached hydrogen (secondary N) is 1. The van der Waals surface area contributed by atoms with Gasteiger partial charge in [0.05, 0.1) is 36.6 Å². The molecule has 164 valence electrons. The molecule has 3 aromatic rings. The Labute approximate surface area is 188 Å². The number of morpholine rings is 1. The van der Waals surface area contributed by atoms with E-state index in [1.807, 2.05) is 32.0 Å². The highest BCUT2D eigenvalue weighted by molar-refractivity contribution is 5.95. The maximum absolute atomic E-state index is 9.32. The number of ether oxygens (including phenoxy) is 1. The molecular formula is C25H28N6O. The quantitative estimate of drug-likeness (QED) is 0.683. The molecule has 7 heteroatoms. The number of benzene rings is 2. The lowest BCUT2D eigenvalue weighted by molar-refractivity contribution is -0.0116. The Kier molecular flexibility index (Phi) is 5.64. The maximum Gasteiger partial charge on any atom is 0.156 e. The van der Waals surface area contributed by atoms with Crippen molar-refractivity contribution in [3.8, 4) is 6.07 Å². The molecule has 0 radical (unpaired) electrons. The van der Waals surface area contributed by atoms with Crippen LogP contribution in [0.2, 0.25) is 0 Å². The molecule has 1 aromatic heterocycles. The smallest absolute Gasteiger partial charge is 0.156 e. The van der Waals surface area contributed by atoms with Crippen molar-refractivity contribution in [1.82, 2.24) is 15.1 Å². The third-order valence-corrected chi connectivity index (χ3v) is 6.76. The second-order valence-corrected chi connectivity index (χ2v) is 8.63. The number of piperazine rings is 1. The summed E-state index contributed by atoms with van der Waals surface area (Å²) in [4.78, 5) is 5.00. The van der Waals surface area contributed by atoms with E-state index < -0.39 is 0 Å². The molecule has 1 atom stereocenters. The van der Waals surface area contributed by atoms with Crippen molar-refractivity contribution in [1.29, 1.82) is 5.26 Å². The van der Waals surface area contributed by atoms with Crippen LogP contribution in [0.15, 0.2) is 36.4 Å². The zero-order chi connectivity index (χ0) is 22.1. The van der Waals surface area contributed by atoms with Gasteiger partial charge in [0.25, 0.3) is 0 Å². The average Bonchev–Trinajstić information content (AvgIpc) is 2.84. The topological polar surface area (TPSA) is 77.3 Å². The number of nitriles is 1. The molecule has 2 fully saturated rings. The Bertz CT molecular complexity index is 1190. The van der Waals surface area contributed by atoms with Gasteiger partial charge in [-0.1, -0.05) is 18.2 Å². The first-order valence-corrected chi connectivity index (χ1v) is 11.2. The van der Waals surface area contributed by atoms with Gasteiger partial charge >= 0.3 is 0 Å². The van der Waals surface area contributed by atoms with Crippen molar-refractivity contribution in [2.75, 3.05) is 49.6 Å². The van der Waals surface area contributed by atoms with E-state index in [9.17, 15) is 5.26 Å². The third-order valence-electron chi connectivity index (χ3n) is 6.76. The van der Waals surface area contributed by atoms with E-state index >= 15 is 0 Å². The lowest BCUT2D eigenvalue weighted by Gasteiger charge is -2.44. The second kappa shape index (κ2) is 8.73. The molecule has 5 rings (SSSR count). The first-order valence-electron chi connectivity index (χ1n) is 11.2. The number of aromatic nitrogens is 2. The Balaban J connectivity index is 1.42. The molecule has 1 N–H and O–H groups in total. The van der Waals surface area contributed by atoms with E-state index in [1.165, 1.54) is 5.69 Å². The van der Waals surface area contributed by atoms with E-state index in [1.54, 1.807) is 0 Å². The standard InChI is InChI=1S/C25H28N6O/c1-17-19(13-26)4-3-5-20(17)14-27-25-24-12-21(6-7-23(24)18(2)28-29-25)31-9-8-30-10-11-32-16-22(30)15-31/h3-7,12,22H,8-11,14-16H2,1-2H3,(H,27,29). The fourth-order valence-electron chi connectivity index (χ4n) is 4.76. The molecule has 2 aromatic carbocycles. The van der Waals surface area contributed by atoms with Crippen molar-refractivity contribution >= 4 is 22.3 Å². The number of aryl methyl sites for hydroxylation is 1. The minimum absolute atomic E-state index is 0.457. The van der Waals surface area contributed by atoms with Crippen LogP contribution in [-0.4, -0.2) is 60.5 Å². The summed E-state index contributed by atoms with van der Waals surface area (Å²) < 4.78 is 5.71. The van der Waals surface area contributed by atoms with Crippen LogP contribution in [0.5, 0.6) is 0 Å². The van der Waals surface area contributed by atoms with Crippen LogP contribution in [0.25, 0.3) is 10.8 Å². The van der Waals surface area contributed by atoms with E-state index in [4.69, 9.17) is 4.74 Å². The summed E-state index contributed by atoms with van der Waals surface area (Å²) in [5, 5.41) is 23.8. The summed E-state index contributed by atoms with van der Waals surface area (Å²) in [5.41, 5.74) is 4.92. The van der Waals surface area contributed by atoms with Crippen LogP contribution in [-0.2, 0) is 11.3 Å². The summed E-state index contributed by atoms with van der Waals surface area (Å²) in [7, 11) is 0. The number of rotatable bonds is 4. The summed E-state index contributed by atoms with van der Waals surface area (Å²) in [5.74, 6) is 0.772. The van der Waals surface area contributed by atoms with Gasteiger partial charge in [-0.05, 0) is 43.2 Å². The minimum Gasteiger partial charge on any atom is -0.378 e. The predicted molar refractivity (Wildman–Crippen MR) is 126 cm³/mol. The molecule has 0 bridgehead atoms. The summed E-state index contributed by atoms with van der Waals surface area (Å²) in [6, 6.07) is 15.1. The van der Waals surface area contributed by atoms with Crippen LogP contribution >= 0.6 is 0 Å². The molecule has 3 heterocycles. The molecule has 2 saturated heterocycles. The highest BCUT2D eigenvalue weighted by Crippen LogP contribution is 2.30. The van der Waals surface area contributed by atoms with Crippen molar-refractivity contribution < 1.29 is 4.74 Å². The minimum atomic E-state index is 0.457. The van der Waals surface area contributed by atoms with Crippen molar-refractivity contribution in [2.24, 2.45) is 0 Å². The Hall–Kier alpha value is -3.21. The molecule has 32 heavy (non-hydrogen) atoms. The van der Waals surface area contributed by atoms with Crippen LogP contribution in [0.3, 0.4) is 0 Å². The number of hydrogen-bond acceptors (Lipinski definition) is 7. The fraction of sp³-hybridized carbons (Fsp3) is 0.400. The second-order valence-electron chi connectivity index (χ2n) is 8.63. The highest BCUT2D eigenvalue weighted by atomic mass is 16.5. The number of hydrogen-bond donors (Lipinski definition) is 1. The molecular weight excluding hydrogens is 400 g/mol. The van der Waals surface area contributed by atoms with E-state index in [0.29, 0.717) is 18.2 Å². The molecule has 1 unspecified atom stereocenters. The van der Waals surface area contributed by atoms with E-state index in [0.717, 1.165) is 72.8 Å². The Morgan fingerprint density at radius 2 is 2.03 bits per heavy atom. The van der Waals surface area contributed by atoms with Gasteiger partial charge < -0.3 is 15.0 Å². The molecule has 2 aliphatic heterocycles. The van der Waals surface area contributed by atoms with Crippen LogP contribution in [0, 0.1) is 25.2 Å². The van der Waals surface area contributed by atoms with Crippen molar-refractivity contribution in [2.45, 2.75) is 26.4 Å². The van der Waals surface area contributed by atoms with Gasteiger partial charge in [0, 0.05) is 49.2 Å². The van der Waals surface area contributed by atoms with Gasteiger partial charge in [0.2, 0.25) is 0 Å². The van der Waals surface area contributed by atoms with E-state index in [-0.39, 0.29) is 0 Å². The Morgan fingerprint density at radius 3 is 2.91 bits per heavy atom. The highest BCUT2D eigenvalue weighted by Gasteiger charge is 2.29. The number of anilines is 2. The maximum atomic E-state index is 9.32. The van der Waals surface area contributed by atoms with Gasteiger partial charge in [0.1, 0.15) is 0 Å².